The van der Waals surface area contributed by atoms with Crippen molar-refractivity contribution in [1.82, 2.24) is 5.32 Å². The van der Waals surface area contributed by atoms with E-state index in [4.69, 9.17) is 5.73 Å². The zero-order valence-corrected chi connectivity index (χ0v) is 12.2. The van der Waals surface area contributed by atoms with Crippen LogP contribution in [0.25, 0.3) is 0 Å². The highest BCUT2D eigenvalue weighted by Crippen LogP contribution is 2.30. The largest absolute Gasteiger partial charge is 0.352 e. The Morgan fingerprint density at radius 3 is 2.61 bits per heavy atom. The molecule has 3 N–H and O–H groups in total. The Balaban J connectivity index is 2.45. The van der Waals surface area contributed by atoms with Gasteiger partial charge in [-0.3, -0.25) is 4.79 Å². The van der Waals surface area contributed by atoms with E-state index >= 15 is 0 Å². The number of rotatable bonds is 6. The molecule has 18 heavy (non-hydrogen) atoms. The average molecular weight is 254 g/mol. The molecular formula is C15H30N2O. The minimum Gasteiger partial charge on any atom is -0.352 e. The van der Waals surface area contributed by atoms with Gasteiger partial charge in [0.25, 0.3) is 0 Å². The summed E-state index contributed by atoms with van der Waals surface area (Å²) >= 11 is 0. The van der Waals surface area contributed by atoms with E-state index in [-0.39, 0.29) is 11.9 Å². The number of carbonyl (C=O) groups is 1. The normalized spacial score (nSPS) is 26.1. The van der Waals surface area contributed by atoms with Crippen molar-refractivity contribution in [3.63, 3.8) is 0 Å². The molecule has 1 aliphatic carbocycles. The minimum absolute atomic E-state index is 0.0565. The highest BCUT2D eigenvalue weighted by Gasteiger charge is 2.29. The molecule has 0 saturated heterocycles. The average Bonchev–Trinajstić information content (AvgIpc) is 2.36. The quantitative estimate of drug-likeness (QED) is 0.766. The summed E-state index contributed by atoms with van der Waals surface area (Å²) in [5, 5.41) is 3.20. The van der Waals surface area contributed by atoms with Crippen molar-refractivity contribution >= 4 is 5.91 Å². The van der Waals surface area contributed by atoms with E-state index in [0.717, 1.165) is 25.7 Å². The summed E-state index contributed by atoms with van der Waals surface area (Å²) in [7, 11) is 0. The van der Waals surface area contributed by atoms with Gasteiger partial charge in [-0.15, -0.1) is 0 Å². The molecule has 1 amide bonds. The van der Waals surface area contributed by atoms with Gasteiger partial charge in [0.2, 0.25) is 5.91 Å². The fourth-order valence-corrected chi connectivity index (χ4v) is 2.98. The van der Waals surface area contributed by atoms with Crippen molar-refractivity contribution < 1.29 is 4.79 Å². The van der Waals surface area contributed by atoms with Crippen LogP contribution in [0.1, 0.15) is 65.7 Å². The SMILES string of the molecule is CCCC[C@H](N)C(=O)NC1CCCCC1C(C)C. The lowest BCUT2D eigenvalue weighted by molar-refractivity contribution is -0.124. The number of nitrogens with one attached hydrogen (secondary N) is 1. The summed E-state index contributed by atoms with van der Waals surface area (Å²) < 4.78 is 0. The fourth-order valence-electron chi connectivity index (χ4n) is 2.98. The molecule has 0 aliphatic heterocycles. The van der Waals surface area contributed by atoms with E-state index in [9.17, 15) is 4.79 Å². The molecule has 2 unspecified atom stereocenters. The third kappa shape index (κ3) is 4.60. The van der Waals surface area contributed by atoms with Gasteiger partial charge in [-0.2, -0.15) is 0 Å². The van der Waals surface area contributed by atoms with Crippen molar-refractivity contribution in [2.45, 2.75) is 77.8 Å². The summed E-state index contributed by atoms with van der Waals surface area (Å²) in [6.45, 7) is 6.64. The predicted molar refractivity (Wildman–Crippen MR) is 76.2 cm³/mol. The molecule has 1 fully saturated rings. The molecule has 1 rings (SSSR count). The molecule has 0 bridgehead atoms. The van der Waals surface area contributed by atoms with Crippen molar-refractivity contribution in [3.05, 3.63) is 0 Å². The van der Waals surface area contributed by atoms with Crippen LogP contribution in [0.5, 0.6) is 0 Å². The lowest BCUT2D eigenvalue weighted by Gasteiger charge is -2.35. The van der Waals surface area contributed by atoms with Crippen LogP contribution >= 0.6 is 0 Å². The molecule has 0 spiro atoms. The zero-order chi connectivity index (χ0) is 13.5. The lowest BCUT2D eigenvalue weighted by atomic mass is 9.77. The van der Waals surface area contributed by atoms with Gasteiger partial charge >= 0.3 is 0 Å². The maximum absolute atomic E-state index is 12.0. The van der Waals surface area contributed by atoms with Crippen molar-refractivity contribution in [1.29, 1.82) is 0 Å². The van der Waals surface area contributed by atoms with E-state index in [0.29, 0.717) is 17.9 Å². The van der Waals surface area contributed by atoms with Crippen LogP contribution in [0.4, 0.5) is 0 Å². The number of unbranched alkanes of at least 4 members (excludes halogenated alkanes) is 1. The Labute approximate surface area is 112 Å². The smallest absolute Gasteiger partial charge is 0.237 e. The number of hydrogen-bond donors (Lipinski definition) is 2. The first kappa shape index (κ1) is 15.5. The van der Waals surface area contributed by atoms with Gasteiger partial charge < -0.3 is 11.1 Å². The van der Waals surface area contributed by atoms with Gasteiger partial charge in [-0.1, -0.05) is 46.5 Å². The molecule has 0 aromatic carbocycles. The summed E-state index contributed by atoms with van der Waals surface area (Å²) in [6, 6.07) is 0.0265. The maximum atomic E-state index is 12.0. The lowest BCUT2D eigenvalue weighted by Crippen LogP contribution is -2.49. The van der Waals surface area contributed by atoms with Gasteiger partial charge in [-0.25, -0.2) is 0 Å². The Kier molecular flexibility index (Phi) is 6.69. The van der Waals surface area contributed by atoms with Crippen molar-refractivity contribution in [3.8, 4) is 0 Å². The Morgan fingerprint density at radius 1 is 1.33 bits per heavy atom. The second-order valence-corrected chi connectivity index (χ2v) is 6.06. The monoisotopic (exact) mass is 254 g/mol. The molecule has 0 heterocycles. The summed E-state index contributed by atoms with van der Waals surface area (Å²) in [4.78, 5) is 12.0. The molecule has 1 saturated carbocycles. The first-order valence-electron chi connectivity index (χ1n) is 7.62. The third-order valence-corrected chi connectivity index (χ3v) is 4.21. The van der Waals surface area contributed by atoms with E-state index < -0.39 is 0 Å². The molecule has 0 radical (unpaired) electrons. The van der Waals surface area contributed by atoms with Gasteiger partial charge in [0.1, 0.15) is 0 Å². The summed E-state index contributed by atoms with van der Waals surface area (Å²) in [6.07, 6.45) is 7.84. The van der Waals surface area contributed by atoms with E-state index in [2.05, 4.69) is 26.1 Å². The molecule has 3 heteroatoms. The van der Waals surface area contributed by atoms with Gasteiger partial charge in [0, 0.05) is 6.04 Å². The van der Waals surface area contributed by atoms with Crippen LogP contribution in [0.3, 0.4) is 0 Å². The predicted octanol–water partition coefficient (Wildman–Crippen LogP) is 2.83. The molecular weight excluding hydrogens is 224 g/mol. The van der Waals surface area contributed by atoms with E-state index in [1.807, 2.05) is 0 Å². The number of carbonyl (C=O) groups excluding carboxylic acids is 1. The standard InChI is InChI=1S/C15H30N2O/c1-4-5-9-13(16)15(18)17-14-10-7-6-8-12(14)11(2)3/h11-14H,4-10,16H2,1-3H3,(H,17,18)/t12?,13-,14?/m0/s1. The number of amides is 1. The van der Waals surface area contributed by atoms with Gasteiger partial charge in [0.15, 0.2) is 0 Å². The summed E-state index contributed by atoms with van der Waals surface area (Å²) in [5.74, 6) is 1.32. The first-order valence-corrected chi connectivity index (χ1v) is 7.62. The minimum atomic E-state index is -0.320. The Bertz CT molecular complexity index is 253. The molecule has 0 aromatic rings. The van der Waals surface area contributed by atoms with Crippen LogP contribution in [0.15, 0.2) is 0 Å². The molecule has 3 atom stereocenters. The highest BCUT2D eigenvalue weighted by molar-refractivity contribution is 5.81. The third-order valence-electron chi connectivity index (χ3n) is 4.21. The maximum Gasteiger partial charge on any atom is 0.237 e. The van der Waals surface area contributed by atoms with Crippen molar-refractivity contribution in [2.24, 2.45) is 17.6 Å². The van der Waals surface area contributed by atoms with E-state index in [1.165, 1.54) is 19.3 Å². The van der Waals surface area contributed by atoms with E-state index in [1.54, 1.807) is 0 Å². The zero-order valence-electron chi connectivity index (χ0n) is 12.2. The van der Waals surface area contributed by atoms with Crippen LogP contribution in [0.2, 0.25) is 0 Å². The molecule has 106 valence electrons. The second kappa shape index (κ2) is 7.78. The highest BCUT2D eigenvalue weighted by atomic mass is 16.2. The Morgan fingerprint density at radius 2 is 2.00 bits per heavy atom. The van der Waals surface area contributed by atoms with Crippen LogP contribution < -0.4 is 11.1 Å². The van der Waals surface area contributed by atoms with Crippen LogP contribution in [-0.4, -0.2) is 18.0 Å². The van der Waals surface area contributed by atoms with Crippen LogP contribution in [0, 0.1) is 11.8 Å². The topological polar surface area (TPSA) is 55.1 Å². The second-order valence-electron chi connectivity index (χ2n) is 6.06. The number of nitrogens with two attached hydrogens (primary N) is 1. The number of hydrogen-bond acceptors (Lipinski definition) is 2. The molecule has 0 aromatic heterocycles. The molecule has 3 nitrogen and oxygen atoms in total. The summed E-state index contributed by atoms with van der Waals surface area (Å²) in [5.41, 5.74) is 5.93. The fraction of sp³-hybridized carbons (Fsp3) is 0.933. The molecule has 1 aliphatic rings. The van der Waals surface area contributed by atoms with Gasteiger partial charge in [-0.05, 0) is 31.1 Å². The Hall–Kier alpha value is -0.570. The first-order chi connectivity index (χ1) is 8.56. The van der Waals surface area contributed by atoms with Crippen molar-refractivity contribution in [2.75, 3.05) is 0 Å². The van der Waals surface area contributed by atoms with Crippen LogP contribution in [-0.2, 0) is 4.79 Å². The van der Waals surface area contributed by atoms with Gasteiger partial charge in [0.05, 0.1) is 6.04 Å².